The predicted octanol–water partition coefficient (Wildman–Crippen LogP) is 3.39. The lowest BCUT2D eigenvalue weighted by molar-refractivity contribution is 0.0657. The van der Waals surface area contributed by atoms with Gasteiger partial charge in [-0.15, -0.1) is 24.0 Å². The Morgan fingerprint density at radius 1 is 1.17 bits per heavy atom. The van der Waals surface area contributed by atoms with Crippen LogP contribution in [0.15, 0.2) is 52.1 Å². The number of hydrogen-bond acceptors (Lipinski definition) is 3. The highest BCUT2D eigenvalue weighted by Crippen LogP contribution is 2.10. The molecule has 1 aromatic carbocycles. The number of rotatable bonds is 6. The maximum atomic E-state index is 13.2. The number of aliphatic imine (C=N–C) groups is 1. The molecule has 1 amide bonds. The molecule has 29 heavy (non-hydrogen) atoms. The van der Waals surface area contributed by atoms with Gasteiger partial charge in [0.2, 0.25) is 0 Å². The minimum atomic E-state index is -0.198. The number of halogens is 2. The van der Waals surface area contributed by atoms with Crippen LogP contribution in [0.5, 0.6) is 0 Å². The van der Waals surface area contributed by atoms with E-state index in [2.05, 4.69) is 10.2 Å². The minimum Gasteiger partial charge on any atom is -0.459 e. The van der Waals surface area contributed by atoms with Crippen LogP contribution in [0, 0.1) is 5.82 Å². The Balaban J connectivity index is 0.00000300. The minimum absolute atomic E-state index is 0. The second-order valence-corrected chi connectivity index (χ2v) is 6.73. The summed E-state index contributed by atoms with van der Waals surface area (Å²) in [7, 11) is 0. The molecular formula is C21H28FIN4O2. The lowest BCUT2D eigenvalue weighted by atomic mass is 10.1. The number of aryl methyl sites for hydroxylation is 1. The molecule has 0 spiro atoms. The van der Waals surface area contributed by atoms with Gasteiger partial charge in [0.25, 0.3) is 5.91 Å². The van der Waals surface area contributed by atoms with Crippen LogP contribution in [0.3, 0.4) is 0 Å². The first-order valence-electron chi connectivity index (χ1n) is 9.78. The third-order valence-corrected chi connectivity index (χ3v) is 4.71. The first-order valence-corrected chi connectivity index (χ1v) is 9.78. The summed E-state index contributed by atoms with van der Waals surface area (Å²) in [6.45, 7) is 6.21. The first kappa shape index (κ1) is 23.2. The molecule has 0 aliphatic carbocycles. The zero-order chi connectivity index (χ0) is 19.8. The topological polar surface area (TPSA) is 61.1 Å². The molecule has 2 aromatic rings. The van der Waals surface area contributed by atoms with Gasteiger partial charge in [-0.05, 0) is 49.6 Å². The zero-order valence-electron chi connectivity index (χ0n) is 16.6. The van der Waals surface area contributed by atoms with Gasteiger partial charge in [-0.2, -0.15) is 0 Å². The molecule has 0 unspecified atom stereocenters. The molecule has 8 heteroatoms. The van der Waals surface area contributed by atoms with Crippen molar-refractivity contribution in [2.75, 3.05) is 39.3 Å². The number of hydrogen-bond donors (Lipinski definition) is 1. The maximum absolute atomic E-state index is 13.2. The quantitative estimate of drug-likeness (QED) is 0.278. The molecule has 1 saturated heterocycles. The van der Waals surface area contributed by atoms with E-state index in [0.717, 1.165) is 44.0 Å². The number of nitrogens with one attached hydrogen (secondary N) is 1. The molecule has 1 aliphatic rings. The molecule has 1 fully saturated rings. The third-order valence-electron chi connectivity index (χ3n) is 4.71. The van der Waals surface area contributed by atoms with Gasteiger partial charge in [0, 0.05) is 39.3 Å². The van der Waals surface area contributed by atoms with E-state index in [1.165, 1.54) is 12.3 Å². The molecule has 1 aliphatic heterocycles. The molecule has 0 atom stereocenters. The van der Waals surface area contributed by atoms with E-state index in [-0.39, 0.29) is 35.7 Å². The van der Waals surface area contributed by atoms with Crippen LogP contribution in [0.1, 0.15) is 29.5 Å². The van der Waals surface area contributed by atoms with Crippen molar-refractivity contribution in [3.8, 4) is 0 Å². The van der Waals surface area contributed by atoms with Gasteiger partial charge in [0.05, 0.1) is 6.26 Å². The third kappa shape index (κ3) is 6.73. The van der Waals surface area contributed by atoms with Crippen LogP contribution >= 0.6 is 24.0 Å². The van der Waals surface area contributed by atoms with Crippen LogP contribution < -0.4 is 5.32 Å². The Morgan fingerprint density at radius 2 is 1.93 bits per heavy atom. The summed E-state index contributed by atoms with van der Waals surface area (Å²) >= 11 is 0. The zero-order valence-corrected chi connectivity index (χ0v) is 19.0. The van der Waals surface area contributed by atoms with Crippen molar-refractivity contribution in [3.05, 3.63) is 59.8 Å². The smallest absolute Gasteiger partial charge is 0.289 e. The summed E-state index contributed by atoms with van der Waals surface area (Å²) in [6, 6.07) is 10.1. The number of piperazine rings is 1. The molecule has 3 rings (SSSR count). The summed E-state index contributed by atoms with van der Waals surface area (Å²) in [5.74, 6) is 0.983. The number of amides is 1. The SMILES string of the molecule is CCNC(=NCCCc1cccc(F)c1)N1CCN(C(=O)c2ccco2)CC1.I. The van der Waals surface area contributed by atoms with Crippen LogP contribution in [0.25, 0.3) is 0 Å². The highest BCUT2D eigenvalue weighted by molar-refractivity contribution is 14.0. The van der Waals surface area contributed by atoms with Crippen LogP contribution in [-0.4, -0.2) is 60.9 Å². The number of guanidine groups is 1. The fraction of sp³-hybridized carbons (Fsp3) is 0.429. The van der Waals surface area contributed by atoms with E-state index < -0.39 is 0 Å². The molecular weight excluding hydrogens is 486 g/mol. The number of benzene rings is 1. The molecule has 0 radical (unpaired) electrons. The molecule has 1 aromatic heterocycles. The Bertz CT molecular complexity index is 790. The number of nitrogens with zero attached hydrogens (tertiary/aromatic N) is 3. The van der Waals surface area contributed by atoms with Gasteiger partial charge in [0.1, 0.15) is 5.82 Å². The molecule has 0 saturated carbocycles. The van der Waals surface area contributed by atoms with Crippen molar-refractivity contribution in [2.24, 2.45) is 4.99 Å². The molecule has 1 N–H and O–H groups in total. The van der Waals surface area contributed by atoms with Crippen molar-refractivity contribution in [1.29, 1.82) is 0 Å². The van der Waals surface area contributed by atoms with Crippen molar-refractivity contribution >= 4 is 35.8 Å². The molecule has 0 bridgehead atoms. The van der Waals surface area contributed by atoms with Gasteiger partial charge >= 0.3 is 0 Å². The van der Waals surface area contributed by atoms with Crippen molar-refractivity contribution in [3.63, 3.8) is 0 Å². The maximum Gasteiger partial charge on any atom is 0.289 e. The van der Waals surface area contributed by atoms with Gasteiger partial charge in [-0.3, -0.25) is 9.79 Å². The van der Waals surface area contributed by atoms with Crippen molar-refractivity contribution in [2.45, 2.75) is 19.8 Å². The van der Waals surface area contributed by atoms with Gasteiger partial charge in [0.15, 0.2) is 11.7 Å². The van der Waals surface area contributed by atoms with E-state index >= 15 is 0 Å². The second kappa shape index (κ2) is 11.8. The fourth-order valence-corrected chi connectivity index (χ4v) is 3.26. The highest BCUT2D eigenvalue weighted by atomic mass is 127. The monoisotopic (exact) mass is 514 g/mol. The van der Waals surface area contributed by atoms with E-state index in [4.69, 9.17) is 9.41 Å². The summed E-state index contributed by atoms with van der Waals surface area (Å²) in [4.78, 5) is 21.1. The average molecular weight is 514 g/mol. The summed E-state index contributed by atoms with van der Waals surface area (Å²) < 4.78 is 18.5. The first-order chi connectivity index (χ1) is 13.7. The Kier molecular flexibility index (Phi) is 9.43. The average Bonchev–Trinajstić information content (AvgIpc) is 3.25. The summed E-state index contributed by atoms with van der Waals surface area (Å²) in [6.07, 6.45) is 3.17. The summed E-state index contributed by atoms with van der Waals surface area (Å²) in [5.41, 5.74) is 0.991. The van der Waals surface area contributed by atoms with Crippen molar-refractivity contribution < 1.29 is 13.6 Å². The predicted molar refractivity (Wildman–Crippen MR) is 122 cm³/mol. The van der Waals surface area contributed by atoms with Crippen LogP contribution in [0.2, 0.25) is 0 Å². The number of carbonyl (C=O) groups excluding carboxylic acids is 1. The molecule has 158 valence electrons. The standard InChI is InChI=1S/C21H27FN4O2.HI/c1-2-23-21(24-10-4-7-17-6-3-8-18(22)16-17)26-13-11-25(12-14-26)20(27)19-9-5-15-28-19;/h3,5-6,8-9,15-16H,2,4,7,10-14H2,1H3,(H,23,24);1H. The van der Waals surface area contributed by atoms with E-state index in [1.807, 2.05) is 17.9 Å². The van der Waals surface area contributed by atoms with Crippen LogP contribution in [-0.2, 0) is 6.42 Å². The lowest BCUT2D eigenvalue weighted by Gasteiger charge is -2.36. The second-order valence-electron chi connectivity index (χ2n) is 6.73. The van der Waals surface area contributed by atoms with E-state index in [9.17, 15) is 9.18 Å². The normalized spacial score (nSPS) is 14.5. The van der Waals surface area contributed by atoms with E-state index in [0.29, 0.717) is 25.4 Å². The Hall–Kier alpha value is -2.10. The molecule has 6 nitrogen and oxygen atoms in total. The van der Waals surface area contributed by atoms with Crippen molar-refractivity contribution in [1.82, 2.24) is 15.1 Å². The largest absolute Gasteiger partial charge is 0.459 e. The molecule has 2 heterocycles. The Morgan fingerprint density at radius 3 is 2.59 bits per heavy atom. The van der Waals surface area contributed by atoms with Crippen LogP contribution in [0.4, 0.5) is 4.39 Å². The number of carbonyl (C=O) groups is 1. The Labute approximate surface area is 188 Å². The fourth-order valence-electron chi connectivity index (χ4n) is 3.26. The van der Waals surface area contributed by atoms with E-state index in [1.54, 1.807) is 24.3 Å². The lowest BCUT2D eigenvalue weighted by Crippen LogP contribution is -2.53. The van der Waals surface area contributed by atoms with Gasteiger partial charge in [-0.1, -0.05) is 12.1 Å². The van der Waals surface area contributed by atoms with Gasteiger partial charge < -0.3 is 19.5 Å². The van der Waals surface area contributed by atoms with Gasteiger partial charge in [-0.25, -0.2) is 4.39 Å². The number of furan rings is 1. The summed E-state index contributed by atoms with van der Waals surface area (Å²) in [5, 5.41) is 3.33. The highest BCUT2D eigenvalue weighted by Gasteiger charge is 2.25.